The molecule has 2 heterocycles. The molecular formula is C16H19BrN2O2. The molecule has 21 heavy (non-hydrogen) atoms. The van der Waals surface area contributed by atoms with Crippen molar-refractivity contribution in [2.45, 2.75) is 32.1 Å². The maximum Gasteiger partial charge on any atom is 0.300 e. The number of carbonyl (C=O) groups excluding carboxylic acids is 2. The van der Waals surface area contributed by atoms with E-state index in [1.807, 2.05) is 6.07 Å². The molecule has 3 rings (SSSR count). The van der Waals surface area contributed by atoms with Gasteiger partial charge in [-0.15, -0.1) is 0 Å². The highest BCUT2D eigenvalue weighted by atomic mass is 79.9. The van der Waals surface area contributed by atoms with Crippen LogP contribution in [-0.2, 0) is 4.79 Å². The van der Waals surface area contributed by atoms with E-state index < -0.39 is 11.7 Å². The molecule has 0 saturated carbocycles. The molecule has 2 aliphatic rings. The van der Waals surface area contributed by atoms with E-state index in [4.69, 9.17) is 0 Å². The van der Waals surface area contributed by atoms with Crippen LogP contribution in [0.15, 0.2) is 22.7 Å². The third kappa shape index (κ3) is 2.90. The van der Waals surface area contributed by atoms with Gasteiger partial charge in [0.1, 0.15) is 0 Å². The number of nitrogens with zero attached hydrogens (tertiary/aromatic N) is 2. The smallest absolute Gasteiger partial charge is 0.290 e. The molecule has 5 heteroatoms. The summed E-state index contributed by atoms with van der Waals surface area (Å²) >= 11 is 3.47. The van der Waals surface area contributed by atoms with E-state index in [0.29, 0.717) is 12.2 Å². The summed E-state index contributed by atoms with van der Waals surface area (Å²) in [5, 5.41) is 0. The number of benzene rings is 1. The molecule has 0 unspecified atom stereocenters. The number of anilines is 1. The zero-order valence-electron chi connectivity index (χ0n) is 12.0. The summed E-state index contributed by atoms with van der Waals surface area (Å²) in [6.45, 7) is 2.51. The van der Waals surface area contributed by atoms with Crippen LogP contribution in [0.25, 0.3) is 0 Å². The Morgan fingerprint density at radius 2 is 1.67 bits per heavy atom. The van der Waals surface area contributed by atoms with Gasteiger partial charge < -0.3 is 0 Å². The van der Waals surface area contributed by atoms with Crippen molar-refractivity contribution in [3.8, 4) is 0 Å². The lowest BCUT2D eigenvalue weighted by atomic mass is 10.1. The van der Waals surface area contributed by atoms with Crippen LogP contribution in [-0.4, -0.2) is 36.3 Å². The SMILES string of the molecule is O=C1C(=O)N(CN2CCCCCCC2)c2c(Br)cccc21. The molecule has 4 nitrogen and oxygen atoms in total. The number of para-hydroxylation sites is 1. The lowest BCUT2D eigenvalue weighted by Crippen LogP contribution is -2.42. The topological polar surface area (TPSA) is 40.6 Å². The molecule has 1 fully saturated rings. The van der Waals surface area contributed by atoms with Gasteiger partial charge in [-0.3, -0.25) is 19.4 Å². The Morgan fingerprint density at radius 1 is 1.00 bits per heavy atom. The fraction of sp³-hybridized carbons (Fsp3) is 0.500. The molecule has 1 aromatic carbocycles. The van der Waals surface area contributed by atoms with Crippen LogP contribution in [0, 0.1) is 0 Å². The predicted molar refractivity (Wildman–Crippen MR) is 85.5 cm³/mol. The number of hydrogen-bond acceptors (Lipinski definition) is 3. The molecule has 0 spiro atoms. The lowest BCUT2D eigenvalue weighted by Gasteiger charge is -2.29. The lowest BCUT2D eigenvalue weighted by molar-refractivity contribution is -0.114. The Hall–Kier alpha value is -1.20. The molecule has 2 aliphatic heterocycles. The quantitative estimate of drug-likeness (QED) is 0.769. The second-order valence-electron chi connectivity index (χ2n) is 5.73. The minimum absolute atomic E-state index is 0.390. The van der Waals surface area contributed by atoms with Crippen molar-refractivity contribution >= 4 is 33.3 Å². The van der Waals surface area contributed by atoms with Crippen LogP contribution in [0.5, 0.6) is 0 Å². The maximum absolute atomic E-state index is 12.3. The summed E-state index contributed by atoms with van der Waals surface area (Å²) in [5.74, 6) is -0.794. The molecule has 1 saturated heterocycles. The average molecular weight is 351 g/mol. The number of ketones is 1. The Morgan fingerprint density at radius 3 is 2.38 bits per heavy atom. The van der Waals surface area contributed by atoms with Crippen LogP contribution in [0.2, 0.25) is 0 Å². The van der Waals surface area contributed by atoms with Gasteiger partial charge in [-0.05, 0) is 54.0 Å². The number of Topliss-reactive ketones (excluding diaryl/α,β-unsaturated/α-hetero) is 1. The van der Waals surface area contributed by atoms with Crippen LogP contribution in [0.1, 0.15) is 42.5 Å². The first kappa shape index (κ1) is 14.7. The summed E-state index contributed by atoms with van der Waals surface area (Å²) in [6.07, 6.45) is 6.15. The van der Waals surface area contributed by atoms with Gasteiger partial charge in [-0.25, -0.2) is 0 Å². The standard InChI is InChI=1S/C16H19BrN2O2/c17-13-8-6-7-12-14(13)19(16(21)15(12)20)11-18-9-4-2-1-3-5-10-18/h6-8H,1-5,9-11H2. The van der Waals surface area contributed by atoms with Gasteiger partial charge in [0.2, 0.25) is 0 Å². The monoisotopic (exact) mass is 350 g/mol. The van der Waals surface area contributed by atoms with Gasteiger partial charge in [0.15, 0.2) is 0 Å². The van der Waals surface area contributed by atoms with E-state index in [-0.39, 0.29) is 0 Å². The third-order valence-electron chi connectivity index (χ3n) is 4.23. The second-order valence-corrected chi connectivity index (χ2v) is 6.58. The van der Waals surface area contributed by atoms with Crippen molar-refractivity contribution in [3.05, 3.63) is 28.2 Å². The number of hydrogen-bond donors (Lipinski definition) is 0. The summed E-state index contributed by atoms with van der Waals surface area (Å²) in [6, 6.07) is 5.41. The van der Waals surface area contributed by atoms with Crippen LogP contribution in [0.3, 0.4) is 0 Å². The second kappa shape index (κ2) is 6.28. The van der Waals surface area contributed by atoms with E-state index in [0.717, 1.165) is 23.2 Å². The number of amides is 1. The van der Waals surface area contributed by atoms with Crippen molar-refractivity contribution in [1.29, 1.82) is 0 Å². The zero-order chi connectivity index (χ0) is 14.8. The molecule has 0 N–H and O–H groups in total. The van der Waals surface area contributed by atoms with Gasteiger partial charge in [0.25, 0.3) is 5.78 Å². The molecule has 112 valence electrons. The highest BCUT2D eigenvalue weighted by Gasteiger charge is 2.37. The predicted octanol–water partition coefficient (Wildman–Crippen LogP) is 3.20. The number of fused-ring (bicyclic) bond motifs is 1. The molecule has 0 atom stereocenters. The van der Waals surface area contributed by atoms with E-state index in [9.17, 15) is 9.59 Å². The van der Waals surface area contributed by atoms with E-state index in [1.165, 1.54) is 32.1 Å². The fourth-order valence-corrected chi connectivity index (χ4v) is 3.68. The molecule has 1 amide bonds. The van der Waals surface area contributed by atoms with Gasteiger partial charge in [-0.1, -0.05) is 25.3 Å². The number of carbonyl (C=O) groups is 2. The largest absolute Gasteiger partial charge is 0.300 e. The number of rotatable bonds is 2. The summed E-state index contributed by atoms with van der Waals surface area (Å²) < 4.78 is 0.811. The van der Waals surface area contributed by atoms with Crippen molar-refractivity contribution in [1.82, 2.24) is 4.90 Å². The molecule has 0 radical (unpaired) electrons. The third-order valence-corrected chi connectivity index (χ3v) is 4.87. The molecule has 0 bridgehead atoms. The van der Waals surface area contributed by atoms with Crippen LogP contribution >= 0.6 is 15.9 Å². The minimum atomic E-state index is -0.404. The fourth-order valence-electron chi connectivity index (χ4n) is 3.10. The summed E-state index contributed by atoms with van der Waals surface area (Å²) in [4.78, 5) is 28.3. The minimum Gasteiger partial charge on any atom is -0.290 e. The summed E-state index contributed by atoms with van der Waals surface area (Å²) in [7, 11) is 0. The number of likely N-dealkylation sites (tertiary alicyclic amines) is 1. The highest BCUT2D eigenvalue weighted by Crippen LogP contribution is 2.36. The molecule has 0 aliphatic carbocycles. The Bertz CT molecular complexity index is 565. The molecule has 1 aromatic rings. The maximum atomic E-state index is 12.3. The Balaban J connectivity index is 1.82. The average Bonchev–Trinajstić information content (AvgIpc) is 2.68. The van der Waals surface area contributed by atoms with Crippen molar-refractivity contribution in [2.24, 2.45) is 0 Å². The van der Waals surface area contributed by atoms with E-state index in [2.05, 4.69) is 20.8 Å². The van der Waals surface area contributed by atoms with Crippen molar-refractivity contribution < 1.29 is 9.59 Å². The van der Waals surface area contributed by atoms with E-state index >= 15 is 0 Å². The van der Waals surface area contributed by atoms with Crippen molar-refractivity contribution in [3.63, 3.8) is 0 Å². The van der Waals surface area contributed by atoms with Crippen molar-refractivity contribution in [2.75, 3.05) is 24.7 Å². The first-order chi connectivity index (χ1) is 10.2. The van der Waals surface area contributed by atoms with Gasteiger partial charge in [0, 0.05) is 4.47 Å². The first-order valence-electron chi connectivity index (χ1n) is 7.55. The Kier molecular flexibility index (Phi) is 4.40. The van der Waals surface area contributed by atoms with Crippen LogP contribution < -0.4 is 4.90 Å². The number of halogens is 1. The molecule has 0 aromatic heterocycles. The van der Waals surface area contributed by atoms with Gasteiger partial charge >= 0.3 is 5.91 Å². The van der Waals surface area contributed by atoms with Gasteiger partial charge in [0.05, 0.1) is 17.9 Å². The zero-order valence-corrected chi connectivity index (χ0v) is 13.6. The normalized spacial score (nSPS) is 20.3. The molecular weight excluding hydrogens is 332 g/mol. The highest BCUT2D eigenvalue weighted by molar-refractivity contribution is 9.10. The van der Waals surface area contributed by atoms with E-state index in [1.54, 1.807) is 17.0 Å². The Labute approximate surface area is 133 Å². The van der Waals surface area contributed by atoms with Crippen LogP contribution in [0.4, 0.5) is 5.69 Å². The summed E-state index contributed by atoms with van der Waals surface area (Å²) in [5.41, 5.74) is 1.25. The first-order valence-corrected chi connectivity index (χ1v) is 8.35. The van der Waals surface area contributed by atoms with Gasteiger partial charge in [-0.2, -0.15) is 0 Å².